The topological polar surface area (TPSA) is 88.5 Å². The summed E-state index contributed by atoms with van der Waals surface area (Å²) in [6.45, 7) is 14.0. The highest BCUT2D eigenvalue weighted by Crippen LogP contribution is 2.89. The number of morpholine rings is 1. The van der Waals surface area contributed by atoms with Gasteiger partial charge in [0, 0.05) is 18.4 Å². The molecule has 0 radical (unpaired) electrons. The molecule has 0 aromatic heterocycles. The summed E-state index contributed by atoms with van der Waals surface area (Å²) in [6.07, 6.45) is 11.4. The molecule has 0 aromatic rings. The number of rotatable bonds is 5. The molecule has 6 aliphatic carbocycles. The average molecular weight is 600 g/mol. The van der Waals surface area contributed by atoms with Gasteiger partial charge in [0.2, 0.25) is 5.91 Å². The fraction of sp³-hybridized carbons (Fsp3) is 0.972. The number of amides is 1. The van der Waals surface area contributed by atoms with Crippen molar-refractivity contribution in [1.29, 1.82) is 0 Å². The molecule has 2 aliphatic heterocycles. The predicted octanol–water partition coefficient (Wildman–Crippen LogP) is 5.16. The van der Waals surface area contributed by atoms with Gasteiger partial charge in [0.1, 0.15) is 0 Å². The number of carbonyl (C=O) groups is 1. The number of nitrogens with zero attached hydrogens (tertiary/aromatic N) is 1. The average Bonchev–Trinajstić information content (AvgIpc) is 3.90. The van der Waals surface area contributed by atoms with E-state index in [1.54, 1.807) is 0 Å². The molecule has 2 saturated heterocycles. The van der Waals surface area contributed by atoms with Crippen LogP contribution in [0.3, 0.4) is 0 Å². The highest BCUT2D eigenvalue weighted by atomic mass is 16.7. The van der Waals surface area contributed by atoms with Gasteiger partial charge in [-0.1, -0.05) is 34.6 Å². The molecule has 8 rings (SSSR count). The predicted molar refractivity (Wildman–Crippen MR) is 162 cm³/mol. The molecule has 1 amide bonds. The first-order chi connectivity index (χ1) is 20.4. The second-order valence-corrected chi connectivity index (χ2v) is 17.7. The quantitative estimate of drug-likeness (QED) is 0.454. The number of ether oxygens (including phenoxy) is 3. The molecule has 2 N–H and O–H groups in total. The van der Waals surface area contributed by atoms with Gasteiger partial charge in [-0.15, -0.1) is 0 Å². The van der Waals surface area contributed by atoms with E-state index in [0.717, 1.165) is 12.8 Å². The number of hydrogen-bond acceptors (Lipinski definition) is 6. The maximum absolute atomic E-state index is 12.8. The Morgan fingerprint density at radius 1 is 1.00 bits per heavy atom. The molecule has 0 aromatic carbocycles. The fourth-order valence-electron chi connectivity index (χ4n) is 13.6. The zero-order valence-corrected chi connectivity index (χ0v) is 27.4. The Balaban J connectivity index is 1.01. The molecule has 8 fully saturated rings. The number of hydrogen-bond donors (Lipinski definition) is 2. The van der Waals surface area contributed by atoms with E-state index in [9.17, 15) is 15.0 Å². The van der Waals surface area contributed by atoms with Crippen LogP contribution in [-0.4, -0.2) is 78.0 Å². The van der Waals surface area contributed by atoms with Gasteiger partial charge in [-0.2, -0.15) is 0 Å². The van der Waals surface area contributed by atoms with Crippen molar-refractivity contribution in [2.45, 2.75) is 136 Å². The van der Waals surface area contributed by atoms with E-state index in [2.05, 4.69) is 34.6 Å². The highest BCUT2D eigenvalue weighted by Gasteiger charge is 2.84. The molecule has 7 heteroatoms. The van der Waals surface area contributed by atoms with Crippen LogP contribution in [0.1, 0.15) is 105 Å². The first-order valence-electron chi connectivity index (χ1n) is 17.9. The molecule has 2 spiro atoms. The zero-order chi connectivity index (χ0) is 30.2. The van der Waals surface area contributed by atoms with Gasteiger partial charge in [0.25, 0.3) is 0 Å². The Bertz CT molecular complexity index is 1140. The van der Waals surface area contributed by atoms with Crippen LogP contribution in [0.25, 0.3) is 0 Å². The maximum atomic E-state index is 12.8. The van der Waals surface area contributed by atoms with Crippen molar-refractivity contribution in [2.24, 2.45) is 56.7 Å². The summed E-state index contributed by atoms with van der Waals surface area (Å²) < 4.78 is 19.4. The Morgan fingerprint density at radius 3 is 2.49 bits per heavy atom. The highest BCUT2D eigenvalue weighted by molar-refractivity contribution is 5.76. The van der Waals surface area contributed by atoms with Crippen LogP contribution >= 0.6 is 0 Å². The summed E-state index contributed by atoms with van der Waals surface area (Å²) in [5.74, 6) is 2.80. The number of carbonyl (C=O) groups excluding carboxylic acids is 1. The lowest BCUT2D eigenvalue weighted by Crippen LogP contribution is -2.60. The number of fused-ring (bicyclic) bond motifs is 4. The Labute approximate surface area is 258 Å². The summed E-state index contributed by atoms with van der Waals surface area (Å²) in [5.41, 5.74) is 0.578. The minimum absolute atomic E-state index is 0.0340. The third-order valence-electron chi connectivity index (χ3n) is 15.9. The third-order valence-corrected chi connectivity index (χ3v) is 15.9. The second-order valence-electron chi connectivity index (χ2n) is 17.7. The molecule has 0 bridgehead atoms. The van der Waals surface area contributed by atoms with Crippen LogP contribution in [0.4, 0.5) is 0 Å². The molecule has 242 valence electrons. The van der Waals surface area contributed by atoms with Gasteiger partial charge in [0.15, 0.2) is 6.29 Å². The van der Waals surface area contributed by atoms with Crippen LogP contribution in [0.15, 0.2) is 0 Å². The van der Waals surface area contributed by atoms with Crippen molar-refractivity contribution < 1.29 is 29.2 Å². The van der Waals surface area contributed by atoms with Crippen LogP contribution in [0.2, 0.25) is 0 Å². The van der Waals surface area contributed by atoms with Crippen LogP contribution < -0.4 is 0 Å². The largest absolute Gasteiger partial charge is 0.394 e. The van der Waals surface area contributed by atoms with Crippen LogP contribution in [-0.2, 0) is 19.0 Å². The van der Waals surface area contributed by atoms with Crippen molar-refractivity contribution >= 4 is 5.91 Å². The smallest absolute Gasteiger partial charge is 0.223 e. The zero-order valence-electron chi connectivity index (χ0n) is 27.4. The van der Waals surface area contributed by atoms with Gasteiger partial charge < -0.3 is 29.3 Å². The molecule has 8 aliphatic rings. The molecule has 6 saturated carbocycles. The van der Waals surface area contributed by atoms with E-state index < -0.39 is 6.10 Å². The first-order valence-corrected chi connectivity index (χ1v) is 17.9. The second kappa shape index (κ2) is 9.65. The summed E-state index contributed by atoms with van der Waals surface area (Å²) >= 11 is 0. The standard InChI is InChI=1S/C36H57NO6/c1-21-16-23(19-38)42-30-29(21)33(4)12-13-36-20-35(36)11-10-26(32(2,3)24(35)8-9-25(36)34(33,5)31(30)40)43-28-18-37(14-15-41-28)27(39)17-22-6-7-22/h21-26,28-31,38,40H,6-20H2,1-5H3/t21-,23-,24+,25+,26?,28+,29+,30+,31+,33-,34-,35-,36+/m1/s1. The maximum Gasteiger partial charge on any atom is 0.223 e. The van der Waals surface area contributed by atoms with Gasteiger partial charge in [-0.25, -0.2) is 0 Å². The Morgan fingerprint density at radius 2 is 1.74 bits per heavy atom. The molecule has 13 atom stereocenters. The van der Waals surface area contributed by atoms with Crippen molar-refractivity contribution in [2.75, 3.05) is 26.3 Å². The van der Waals surface area contributed by atoms with Crippen molar-refractivity contribution in [3.8, 4) is 0 Å². The number of aliphatic hydroxyl groups is 2. The molecular formula is C36H57NO6. The SMILES string of the molecule is C[C@@H]1C[C@H](CO)O[C@H]2[C@H]1[C@@]1(C)CC[C@@]34C[C@@]35CCC(O[C@H]3CN(C(=O)CC6CC6)CCO3)C(C)(C)[C@@H]5CC[C@H]4[C@]1(C)[C@H]2O. The van der Waals surface area contributed by atoms with Crippen LogP contribution in [0, 0.1) is 56.7 Å². The van der Waals surface area contributed by atoms with E-state index in [-0.39, 0.29) is 53.4 Å². The normalized spacial score (nSPS) is 55.0. The Hall–Kier alpha value is -0.730. The third kappa shape index (κ3) is 3.87. The van der Waals surface area contributed by atoms with Gasteiger partial charge in [-0.05, 0) is 115 Å². The fourth-order valence-corrected chi connectivity index (χ4v) is 13.6. The minimum Gasteiger partial charge on any atom is -0.394 e. The van der Waals surface area contributed by atoms with E-state index in [4.69, 9.17) is 14.2 Å². The molecular weight excluding hydrogens is 542 g/mol. The van der Waals surface area contributed by atoms with E-state index in [0.29, 0.717) is 66.5 Å². The lowest BCUT2D eigenvalue weighted by atomic mass is 9.41. The molecule has 43 heavy (non-hydrogen) atoms. The summed E-state index contributed by atoms with van der Waals surface area (Å²) in [5, 5.41) is 22.2. The van der Waals surface area contributed by atoms with Crippen molar-refractivity contribution in [1.82, 2.24) is 4.90 Å². The summed E-state index contributed by atoms with van der Waals surface area (Å²) in [4.78, 5) is 14.8. The minimum atomic E-state index is -0.475. The lowest BCUT2D eigenvalue weighted by molar-refractivity contribution is -0.248. The van der Waals surface area contributed by atoms with Gasteiger partial charge in [0.05, 0.1) is 44.2 Å². The van der Waals surface area contributed by atoms with Gasteiger partial charge >= 0.3 is 0 Å². The summed E-state index contributed by atoms with van der Waals surface area (Å²) in [7, 11) is 0. The van der Waals surface area contributed by atoms with E-state index in [1.807, 2.05) is 4.90 Å². The molecule has 2 heterocycles. The van der Waals surface area contributed by atoms with Gasteiger partial charge in [-0.3, -0.25) is 4.79 Å². The number of aliphatic hydroxyl groups excluding tert-OH is 2. The van der Waals surface area contributed by atoms with Crippen LogP contribution in [0.5, 0.6) is 0 Å². The summed E-state index contributed by atoms with van der Waals surface area (Å²) in [6, 6.07) is 0. The Kier molecular flexibility index (Phi) is 6.66. The molecule has 7 nitrogen and oxygen atoms in total. The monoisotopic (exact) mass is 599 g/mol. The van der Waals surface area contributed by atoms with Crippen molar-refractivity contribution in [3.05, 3.63) is 0 Å². The van der Waals surface area contributed by atoms with Crippen molar-refractivity contribution in [3.63, 3.8) is 0 Å². The molecule has 1 unspecified atom stereocenters. The van der Waals surface area contributed by atoms with E-state index in [1.165, 1.54) is 51.4 Å². The lowest BCUT2D eigenvalue weighted by Gasteiger charge is -2.64. The first kappa shape index (κ1) is 29.7. The van der Waals surface area contributed by atoms with E-state index >= 15 is 0 Å².